The monoisotopic (exact) mass is 294 g/mol. The van der Waals surface area contributed by atoms with Crippen molar-refractivity contribution in [2.75, 3.05) is 20.8 Å². The van der Waals surface area contributed by atoms with Crippen molar-refractivity contribution in [3.05, 3.63) is 35.9 Å². The van der Waals surface area contributed by atoms with E-state index in [-0.39, 0.29) is 25.0 Å². The van der Waals surface area contributed by atoms with E-state index in [2.05, 4.69) is 10.6 Å². The van der Waals surface area contributed by atoms with E-state index < -0.39 is 6.09 Å². The second-order valence-electron chi connectivity index (χ2n) is 4.96. The highest BCUT2D eigenvalue weighted by Crippen LogP contribution is 2.13. The van der Waals surface area contributed by atoms with Crippen LogP contribution in [0.4, 0.5) is 4.79 Å². The first-order valence-corrected chi connectivity index (χ1v) is 6.99. The number of carbonyl (C=O) groups is 1. The summed E-state index contributed by atoms with van der Waals surface area (Å²) >= 11 is 0. The predicted molar refractivity (Wildman–Crippen MR) is 77.8 cm³/mol. The van der Waals surface area contributed by atoms with Crippen LogP contribution < -0.4 is 10.6 Å². The minimum Gasteiger partial charge on any atom is -0.445 e. The van der Waals surface area contributed by atoms with E-state index in [0.29, 0.717) is 6.42 Å². The molecular formula is C15H22N2O4. The minimum absolute atomic E-state index is 0.0427. The van der Waals surface area contributed by atoms with Gasteiger partial charge in [-0.25, -0.2) is 4.79 Å². The molecule has 1 fully saturated rings. The third kappa shape index (κ3) is 4.70. The molecule has 6 nitrogen and oxygen atoms in total. The number of hydrogen-bond acceptors (Lipinski definition) is 5. The Morgan fingerprint density at radius 3 is 2.62 bits per heavy atom. The van der Waals surface area contributed by atoms with Crippen LogP contribution in [0, 0.1) is 0 Å². The van der Waals surface area contributed by atoms with Crippen LogP contribution in [0.5, 0.6) is 0 Å². The van der Waals surface area contributed by atoms with Gasteiger partial charge in [0.15, 0.2) is 6.29 Å². The van der Waals surface area contributed by atoms with Gasteiger partial charge in [-0.15, -0.1) is 0 Å². The second kappa shape index (κ2) is 7.97. The molecule has 1 aliphatic heterocycles. The third-order valence-corrected chi connectivity index (χ3v) is 3.57. The normalized spacial score (nSPS) is 20.9. The number of alkyl carbamates (subject to hydrolysis) is 1. The standard InChI is InChI=1S/C15H22N2O4/c1-19-14(20-2)8-12-13(9-16-12)17-15(18)21-10-11-6-4-3-5-7-11/h3-7,12-14,16H,8-10H2,1-2H3,(H,17,18)/t12-,13-/m1/s1. The number of rotatable bonds is 7. The Bertz CT molecular complexity index is 437. The Hall–Kier alpha value is -1.63. The van der Waals surface area contributed by atoms with E-state index in [0.717, 1.165) is 12.1 Å². The van der Waals surface area contributed by atoms with Crippen molar-refractivity contribution in [1.29, 1.82) is 0 Å². The van der Waals surface area contributed by atoms with Crippen molar-refractivity contribution in [2.45, 2.75) is 31.4 Å². The van der Waals surface area contributed by atoms with Gasteiger partial charge < -0.3 is 24.8 Å². The quantitative estimate of drug-likeness (QED) is 0.741. The summed E-state index contributed by atoms with van der Waals surface area (Å²) in [6, 6.07) is 9.78. The fraction of sp³-hybridized carbons (Fsp3) is 0.533. The van der Waals surface area contributed by atoms with Crippen LogP contribution in [-0.2, 0) is 20.8 Å². The number of ether oxygens (including phenoxy) is 3. The zero-order valence-corrected chi connectivity index (χ0v) is 12.4. The summed E-state index contributed by atoms with van der Waals surface area (Å²) in [6.45, 7) is 1.00. The molecule has 1 saturated heterocycles. The average molecular weight is 294 g/mol. The van der Waals surface area contributed by atoms with Crippen LogP contribution in [0.15, 0.2) is 30.3 Å². The molecule has 0 spiro atoms. The fourth-order valence-corrected chi connectivity index (χ4v) is 2.21. The lowest BCUT2D eigenvalue weighted by Gasteiger charge is -2.39. The Morgan fingerprint density at radius 2 is 2.05 bits per heavy atom. The van der Waals surface area contributed by atoms with Crippen molar-refractivity contribution < 1.29 is 19.0 Å². The predicted octanol–water partition coefficient (Wildman–Crippen LogP) is 1.26. The van der Waals surface area contributed by atoms with Gasteiger partial charge >= 0.3 is 6.09 Å². The maximum absolute atomic E-state index is 11.8. The first-order chi connectivity index (χ1) is 10.2. The number of methoxy groups -OCH3 is 2. The van der Waals surface area contributed by atoms with E-state index in [1.165, 1.54) is 0 Å². The van der Waals surface area contributed by atoms with Crippen LogP contribution in [0.2, 0.25) is 0 Å². The topological polar surface area (TPSA) is 68.8 Å². The van der Waals surface area contributed by atoms with Crippen molar-refractivity contribution in [2.24, 2.45) is 0 Å². The molecule has 1 aromatic rings. The van der Waals surface area contributed by atoms with E-state index in [9.17, 15) is 4.79 Å². The van der Waals surface area contributed by atoms with Gasteiger partial charge in [0.05, 0.1) is 6.04 Å². The molecule has 0 bridgehead atoms. The maximum atomic E-state index is 11.8. The fourth-order valence-electron chi connectivity index (χ4n) is 2.21. The summed E-state index contributed by atoms with van der Waals surface area (Å²) in [4.78, 5) is 11.8. The SMILES string of the molecule is COC(C[C@H]1NC[C@H]1NC(=O)OCc1ccccc1)OC. The molecule has 1 heterocycles. The third-order valence-electron chi connectivity index (χ3n) is 3.57. The lowest BCUT2D eigenvalue weighted by atomic mass is 9.97. The Kier molecular flexibility index (Phi) is 5.98. The van der Waals surface area contributed by atoms with Crippen LogP contribution >= 0.6 is 0 Å². The van der Waals surface area contributed by atoms with Crippen LogP contribution in [0.25, 0.3) is 0 Å². The molecule has 1 amide bonds. The van der Waals surface area contributed by atoms with Crippen molar-refractivity contribution in [1.82, 2.24) is 10.6 Å². The minimum atomic E-state index is -0.401. The lowest BCUT2D eigenvalue weighted by Crippen LogP contribution is -2.65. The van der Waals surface area contributed by atoms with E-state index in [1.54, 1.807) is 14.2 Å². The summed E-state index contributed by atoms with van der Waals surface area (Å²) in [5, 5.41) is 6.10. The molecule has 0 radical (unpaired) electrons. The molecule has 0 aromatic heterocycles. The number of benzene rings is 1. The summed E-state index contributed by atoms with van der Waals surface area (Å²) in [5.41, 5.74) is 0.967. The van der Waals surface area contributed by atoms with Gasteiger partial charge in [0.1, 0.15) is 6.61 Å². The van der Waals surface area contributed by atoms with Gasteiger partial charge in [-0.1, -0.05) is 30.3 Å². The van der Waals surface area contributed by atoms with Crippen LogP contribution in [0.1, 0.15) is 12.0 Å². The number of carbonyl (C=O) groups excluding carboxylic acids is 1. The number of hydrogen-bond donors (Lipinski definition) is 2. The lowest BCUT2D eigenvalue weighted by molar-refractivity contribution is -0.115. The molecule has 0 unspecified atom stereocenters. The zero-order valence-electron chi connectivity index (χ0n) is 12.4. The highest BCUT2D eigenvalue weighted by Gasteiger charge is 2.33. The van der Waals surface area contributed by atoms with E-state index in [4.69, 9.17) is 14.2 Å². The van der Waals surface area contributed by atoms with Gasteiger partial charge in [-0.2, -0.15) is 0 Å². The first kappa shape index (κ1) is 15.8. The molecule has 1 aromatic carbocycles. The number of amides is 1. The summed E-state index contributed by atoms with van der Waals surface area (Å²) in [6.07, 6.45) is 0.00515. The van der Waals surface area contributed by atoms with Gasteiger partial charge in [0, 0.05) is 33.2 Å². The van der Waals surface area contributed by atoms with Gasteiger partial charge in [-0.05, 0) is 5.56 Å². The summed E-state index contributed by atoms with van der Waals surface area (Å²) in [5.74, 6) is 0. The molecule has 2 rings (SSSR count). The molecule has 21 heavy (non-hydrogen) atoms. The van der Waals surface area contributed by atoms with Gasteiger partial charge in [-0.3, -0.25) is 0 Å². The molecule has 116 valence electrons. The molecule has 2 N–H and O–H groups in total. The van der Waals surface area contributed by atoms with E-state index >= 15 is 0 Å². The van der Waals surface area contributed by atoms with Gasteiger partial charge in [0.25, 0.3) is 0 Å². The van der Waals surface area contributed by atoms with Crippen molar-refractivity contribution >= 4 is 6.09 Å². The molecule has 6 heteroatoms. The molecule has 1 aliphatic rings. The molecule has 2 atom stereocenters. The number of nitrogens with one attached hydrogen (secondary N) is 2. The Balaban J connectivity index is 1.70. The van der Waals surface area contributed by atoms with Crippen LogP contribution in [-0.4, -0.2) is 45.2 Å². The van der Waals surface area contributed by atoms with Crippen molar-refractivity contribution in [3.8, 4) is 0 Å². The van der Waals surface area contributed by atoms with Gasteiger partial charge in [0.2, 0.25) is 0 Å². The second-order valence-corrected chi connectivity index (χ2v) is 4.96. The summed E-state index contributed by atoms with van der Waals surface area (Å²) in [7, 11) is 3.20. The molecular weight excluding hydrogens is 272 g/mol. The Labute approximate surface area is 124 Å². The van der Waals surface area contributed by atoms with Crippen molar-refractivity contribution in [3.63, 3.8) is 0 Å². The zero-order chi connectivity index (χ0) is 15.1. The first-order valence-electron chi connectivity index (χ1n) is 6.99. The molecule has 0 aliphatic carbocycles. The smallest absolute Gasteiger partial charge is 0.407 e. The largest absolute Gasteiger partial charge is 0.445 e. The van der Waals surface area contributed by atoms with Crippen LogP contribution in [0.3, 0.4) is 0 Å². The molecule has 0 saturated carbocycles. The van der Waals surface area contributed by atoms with E-state index in [1.807, 2.05) is 30.3 Å². The highest BCUT2D eigenvalue weighted by atomic mass is 16.7. The average Bonchev–Trinajstić information content (AvgIpc) is 2.51. The maximum Gasteiger partial charge on any atom is 0.407 e. The Morgan fingerprint density at radius 1 is 1.33 bits per heavy atom. The highest BCUT2D eigenvalue weighted by molar-refractivity contribution is 5.68. The summed E-state index contributed by atoms with van der Waals surface area (Å²) < 4.78 is 15.5.